The molecule has 0 unspecified atom stereocenters. The van der Waals surface area contributed by atoms with Crippen LogP contribution in [0.2, 0.25) is 0 Å². The van der Waals surface area contributed by atoms with E-state index in [4.69, 9.17) is 9.26 Å². The molecule has 156 valence electrons. The molecule has 1 N–H and O–H groups in total. The highest BCUT2D eigenvalue weighted by atomic mass is 19.1. The van der Waals surface area contributed by atoms with E-state index in [9.17, 15) is 19.3 Å². The number of carbonyl (C=O) groups is 1. The molecule has 0 aliphatic carbocycles. The number of hydrogen-bond donors (Lipinski definition) is 1. The summed E-state index contributed by atoms with van der Waals surface area (Å²) < 4.78 is 23.7. The second kappa shape index (κ2) is 7.82. The molecule has 0 saturated carbocycles. The van der Waals surface area contributed by atoms with E-state index < -0.39 is 16.6 Å². The number of rotatable bonds is 5. The third-order valence-electron chi connectivity index (χ3n) is 4.64. The van der Waals surface area contributed by atoms with Crippen molar-refractivity contribution >= 4 is 28.4 Å². The summed E-state index contributed by atoms with van der Waals surface area (Å²) >= 11 is 0. The molecule has 9 nitrogen and oxygen atoms in total. The Morgan fingerprint density at radius 2 is 1.94 bits per heavy atom. The van der Waals surface area contributed by atoms with Gasteiger partial charge in [-0.3, -0.25) is 14.9 Å². The Labute approximate surface area is 174 Å². The fourth-order valence-corrected chi connectivity index (χ4v) is 3.14. The number of nitro benzene ring substituents is 1. The van der Waals surface area contributed by atoms with Crippen LogP contribution >= 0.6 is 0 Å². The van der Waals surface area contributed by atoms with Gasteiger partial charge in [-0.05, 0) is 43.3 Å². The number of nitrogens with one attached hydrogen (secondary N) is 1. The first-order chi connectivity index (χ1) is 14.9. The molecule has 4 aromatic rings. The Balaban J connectivity index is 1.81. The number of aromatic nitrogens is 2. The number of anilines is 1. The zero-order chi connectivity index (χ0) is 22.1. The van der Waals surface area contributed by atoms with Gasteiger partial charge in [0.05, 0.1) is 40.1 Å². The Morgan fingerprint density at radius 3 is 2.61 bits per heavy atom. The maximum atomic E-state index is 13.3. The van der Waals surface area contributed by atoms with Crippen molar-refractivity contribution < 1.29 is 23.4 Å². The van der Waals surface area contributed by atoms with Crippen molar-refractivity contribution in [2.45, 2.75) is 6.92 Å². The summed E-state index contributed by atoms with van der Waals surface area (Å²) in [6, 6.07) is 11.0. The lowest BCUT2D eigenvalue weighted by Gasteiger charge is -2.11. The van der Waals surface area contributed by atoms with E-state index in [1.54, 1.807) is 6.92 Å². The number of nitro groups is 1. The smallest absolute Gasteiger partial charge is 0.271 e. The van der Waals surface area contributed by atoms with E-state index in [1.807, 2.05) is 0 Å². The summed E-state index contributed by atoms with van der Waals surface area (Å²) in [4.78, 5) is 28.1. The third-order valence-corrected chi connectivity index (χ3v) is 4.64. The zero-order valence-electron chi connectivity index (χ0n) is 16.4. The first kappa shape index (κ1) is 20.0. The minimum atomic E-state index is -0.573. The molecule has 4 rings (SSSR count). The highest BCUT2D eigenvalue weighted by molar-refractivity contribution is 6.13. The minimum absolute atomic E-state index is 0.129. The van der Waals surface area contributed by atoms with E-state index >= 15 is 0 Å². The molecule has 0 radical (unpaired) electrons. The number of methoxy groups -OCH3 is 1. The number of hydrogen-bond acceptors (Lipinski definition) is 7. The minimum Gasteiger partial charge on any atom is -0.495 e. The summed E-state index contributed by atoms with van der Waals surface area (Å²) in [7, 11) is 1.39. The Hall–Kier alpha value is -4.34. The number of non-ortho nitro benzene ring substituents is 1. The van der Waals surface area contributed by atoms with Crippen molar-refractivity contribution in [2.24, 2.45) is 0 Å². The van der Waals surface area contributed by atoms with Gasteiger partial charge in [0, 0.05) is 17.7 Å². The molecular weight excluding hydrogens is 407 g/mol. The van der Waals surface area contributed by atoms with Crippen molar-refractivity contribution in [2.75, 3.05) is 12.4 Å². The van der Waals surface area contributed by atoms with Crippen molar-refractivity contribution in [3.8, 4) is 17.0 Å². The van der Waals surface area contributed by atoms with Gasteiger partial charge in [-0.2, -0.15) is 0 Å². The number of pyridine rings is 1. The molecule has 0 spiro atoms. The van der Waals surface area contributed by atoms with Gasteiger partial charge in [0.2, 0.25) is 0 Å². The summed E-state index contributed by atoms with van der Waals surface area (Å²) in [6.45, 7) is 1.66. The van der Waals surface area contributed by atoms with Crippen LogP contribution in [0.25, 0.3) is 22.4 Å². The zero-order valence-corrected chi connectivity index (χ0v) is 16.4. The molecular formula is C21H15FN4O5. The average Bonchev–Trinajstić information content (AvgIpc) is 3.14. The fraction of sp³-hybridized carbons (Fsp3) is 0.0952. The number of fused-ring (bicyclic) bond motifs is 1. The molecule has 2 aromatic heterocycles. The summed E-state index contributed by atoms with van der Waals surface area (Å²) in [6.07, 6.45) is 0. The quantitative estimate of drug-likeness (QED) is 0.371. The SMILES string of the molecule is COc1ccc([N+](=O)[O-])cc1NC(=O)c1cc(-c2ccc(F)cc2)nc2onc(C)c12. The average molecular weight is 422 g/mol. The van der Waals surface area contributed by atoms with Crippen LogP contribution in [0.5, 0.6) is 5.75 Å². The second-order valence-corrected chi connectivity index (χ2v) is 6.61. The maximum Gasteiger partial charge on any atom is 0.271 e. The topological polar surface area (TPSA) is 120 Å². The number of ether oxygens (including phenoxy) is 1. The Bertz CT molecular complexity index is 1320. The lowest BCUT2D eigenvalue weighted by molar-refractivity contribution is -0.384. The number of halogens is 1. The second-order valence-electron chi connectivity index (χ2n) is 6.61. The molecule has 31 heavy (non-hydrogen) atoms. The summed E-state index contributed by atoms with van der Waals surface area (Å²) in [5.74, 6) is -0.720. The van der Waals surface area contributed by atoms with Crippen molar-refractivity contribution in [3.05, 3.63) is 75.7 Å². The number of carbonyl (C=O) groups excluding carboxylic acids is 1. The lowest BCUT2D eigenvalue weighted by atomic mass is 10.0. The van der Waals surface area contributed by atoms with E-state index in [-0.39, 0.29) is 28.4 Å². The summed E-state index contributed by atoms with van der Waals surface area (Å²) in [5, 5.41) is 18.0. The molecule has 0 aliphatic rings. The molecule has 2 heterocycles. The molecule has 1 amide bonds. The van der Waals surface area contributed by atoms with Crippen LogP contribution in [0, 0.1) is 22.9 Å². The molecule has 0 saturated heterocycles. The number of aryl methyl sites for hydroxylation is 1. The Kier molecular flexibility index (Phi) is 5.04. The van der Waals surface area contributed by atoms with Crippen LogP contribution in [0.1, 0.15) is 16.1 Å². The van der Waals surface area contributed by atoms with Gasteiger partial charge in [0.15, 0.2) is 0 Å². The number of amides is 1. The normalized spacial score (nSPS) is 10.8. The van der Waals surface area contributed by atoms with Crippen LogP contribution in [0.4, 0.5) is 15.8 Å². The largest absolute Gasteiger partial charge is 0.495 e. The van der Waals surface area contributed by atoms with Gasteiger partial charge in [-0.25, -0.2) is 9.37 Å². The van der Waals surface area contributed by atoms with Crippen molar-refractivity contribution in [3.63, 3.8) is 0 Å². The molecule has 10 heteroatoms. The van der Waals surface area contributed by atoms with E-state index in [0.717, 1.165) is 0 Å². The van der Waals surface area contributed by atoms with Crippen molar-refractivity contribution in [1.29, 1.82) is 0 Å². The monoisotopic (exact) mass is 422 g/mol. The van der Waals surface area contributed by atoms with Gasteiger partial charge in [-0.1, -0.05) is 5.16 Å². The van der Waals surface area contributed by atoms with Crippen LogP contribution < -0.4 is 10.1 Å². The molecule has 2 aromatic carbocycles. The first-order valence-electron chi connectivity index (χ1n) is 9.04. The van der Waals surface area contributed by atoms with Crippen LogP contribution in [-0.4, -0.2) is 28.1 Å². The van der Waals surface area contributed by atoms with E-state index in [0.29, 0.717) is 22.3 Å². The maximum absolute atomic E-state index is 13.3. The standard InChI is InChI=1S/C21H15FN4O5/c1-11-19-15(20(27)23-17-9-14(26(28)29)7-8-18(17)30-2)10-16(24-21(19)31-25-11)12-3-5-13(22)6-4-12/h3-10H,1-2H3,(H,23,27). The van der Waals surface area contributed by atoms with Crippen LogP contribution in [0.15, 0.2) is 53.1 Å². The molecule has 0 aliphatic heterocycles. The van der Waals surface area contributed by atoms with E-state index in [2.05, 4.69) is 15.5 Å². The summed E-state index contributed by atoms with van der Waals surface area (Å²) in [5.41, 5.74) is 1.64. The fourth-order valence-electron chi connectivity index (χ4n) is 3.14. The van der Waals surface area contributed by atoms with Gasteiger partial charge in [0.1, 0.15) is 11.6 Å². The predicted octanol–water partition coefficient (Wildman–Crippen LogP) is 4.51. The van der Waals surface area contributed by atoms with Gasteiger partial charge >= 0.3 is 0 Å². The van der Waals surface area contributed by atoms with Crippen molar-refractivity contribution in [1.82, 2.24) is 10.1 Å². The molecule has 0 fully saturated rings. The van der Waals surface area contributed by atoms with Crippen LogP contribution in [0.3, 0.4) is 0 Å². The molecule has 0 bridgehead atoms. The Morgan fingerprint density at radius 1 is 1.19 bits per heavy atom. The van der Waals surface area contributed by atoms with E-state index in [1.165, 1.54) is 55.6 Å². The van der Waals surface area contributed by atoms with Crippen LogP contribution in [-0.2, 0) is 0 Å². The lowest BCUT2D eigenvalue weighted by Crippen LogP contribution is -2.14. The highest BCUT2D eigenvalue weighted by Crippen LogP contribution is 2.31. The van der Waals surface area contributed by atoms with Gasteiger partial charge < -0.3 is 14.6 Å². The van der Waals surface area contributed by atoms with Gasteiger partial charge in [0.25, 0.3) is 17.3 Å². The predicted molar refractivity (Wildman–Crippen MR) is 110 cm³/mol. The number of benzene rings is 2. The highest BCUT2D eigenvalue weighted by Gasteiger charge is 2.21. The first-order valence-corrected chi connectivity index (χ1v) is 9.04. The number of nitrogens with zero attached hydrogens (tertiary/aromatic N) is 3. The van der Waals surface area contributed by atoms with Gasteiger partial charge in [-0.15, -0.1) is 0 Å². The third kappa shape index (κ3) is 3.78. The molecule has 0 atom stereocenters.